The van der Waals surface area contributed by atoms with Gasteiger partial charge in [-0.25, -0.2) is 8.42 Å². The van der Waals surface area contributed by atoms with Crippen molar-refractivity contribution in [1.29, 1.82) is 5.26 Å². The number of carbonyl (C=O) groups is 3. The highest BCUT2D eigenvalue weighted by Gasteiger charge is 2.21. The fourth-order valence-corrected chi connectivity index (χ4v) is 4.39. The molecule has 34 heavy (non-hydrogen) atoms. The lowest BCUT2D eigenvalue weighted by Crippen LogP contribution is -2.32. The molecule has 180 valence electrons. The van der Waals surface area contributed by atoms with E-state index in [0.717, 1.165) is 5.56 Å². The minimum absolute atomic E-state index is 0.0675. The molecule has 0 atom stereocenters. The standard InChI is InChI=1S/C23H26N4O6S/c1-3-27(4-2)34(31,32)20-11-7-18(8-12-20)23(30)25-15-22(29)33-16-21(28)26-19-9-5-17(6-10-19)13-14-24/h5-12H,3-4,13,15-16H2,1-2H3,(H,25,30)(H,26,28). The van der Waals surface area contributed by atoms with Gasteiger partial charge >= 0.3 is 5.97 Å². The number of rotatable bonds is 11. The molecule has 2 aromatic rings. The summed E-state index contributed by atoms with van der Waals surface area (Å²) in [6.45, 7) is 3.13. The van der Waals surface area contributed by atoms with E-state index in [2.05, 4.69) is 10.6 Å². The summed E-state index contributed by atoms with van der Waals surface area (Å²) in [6.07, 6.45) is 0.261. The van der Waals surface area contributed by atoms with Crippen molar-refractivity contribution in [2.75, 3.05) is 31.6 Å². The van der Waals surface area contributed by atoms with Gasteiger partial charge in [-0.1, -0.05) is 26.0 Å². The molecule has 2 amide bonds. The highest BCUT2D eigenvalue weighted by Crippen LogP contribution is 2.16. The first-order valence-corrected chi connectivity index (χ1v) is 11.9. The molecule has 0 heterocycles. The highest BCUT2D eigenvalue weighted by molar-refractivity contribution is 7.89. The number of hydrogen-bond donors (Lipinski definition) is 2. The lowest BCUT2D eigenvalue weighted by atomic mass is 10.1. The Hall–Kier alpha value is -3.75. The van der Waals surface area contributed by atoms with E-state index in [1.165, 1.54) is 28.6 Å². The van der Waals surface area contributed by atoms with Crippen LogP contribution in [-0.4, -0.2) is 56.7 Å². The van der Waals surface area contributed by atoms with Crippen LogP contribution in [-0.2, 0) is 30.8 Å². The maximum absolute atomic E-state index is 12.5. The Morgan fingerprint density at radius 1 is 1.00 bits per heavy atom. The Balaban J connectivity index is 1.80. The Kier molecular flexibility index (Phi) is 9.73. The zero-order valence-electron chi connectivity index (χ0n) is 18.9. The lowest BCUT2D eigenvalue weighted by Gasteiger charge is -2.18. The van der Waals surface area contributed by atoms with Crippen molar-refractivity contribution >= 4 is 33.5 Å². The number of hydrogen-bond acceptors (Lipinski definition) is 7. The molecule has 0 aromatic heterocycles. The van der Waals surface area contributed by atoms with Gasteiger partial charge in [0.05, 0.1) is 17.4 Å². The van der Waals surface area contributed by atoms with E-state index in [0.29, 0.717) is 18.8 Å². The quantitative estimate of drug-likeness (QED) is 0.460. The third-order valence-electron chi connectivity index (χ3n) is 4.74. The number of sulfonamides is 1. The molecule has 0 aliphatic heterocycles. The predicted molar refractivity (Wildman–Crippen MR) is 124 cm³/mol. The number of benzene rings is 2. The van der Waals surface area contributed by atoms with Crippen LogP contribution < -0.4 is 10.6 Å². The third kappa shape index (κ3) is 7.40. The van der Waals surface area contributed by atoms with Gasteiger partial charge in [0, 0.05) is 24.3 Å². The van der Waals surface area contributed by atoms with Crippen LogP contribution in [0.15, 0.2) is 53.4 Å². The van der Waals surface area contributed by atoms with E-state index in [4.69, 9.17) is 10.00 Å². The number of nitriles is 1. The molecule has 11 heteroatoms. The summed E-state index contributed by atoms with van der Waals surface area (Å²) in [5.41, 5.74) is 1.47. The average molecular weight is 487 g/mol. The normalized spacial score (nSPS) is 10.9. The van der Waals surface area contributed by atoms with E-state index in [1.54, 1.807) is 38.1 Å². The van der Waals surface area contributed by atoms with Crippen molar-refractivity contribution < 1.29 is 27.5 Å². The molecule has 0 aliphatic carbocycles. The molecule has 0 fully saturated rings. The molecular formula is C23H26N4O6S. The molecule has 0 bridgehead atoms. The van der Waals surface area contributed by atoms with E-state index >= 15 is 0 Å². The van der Waals surface area contributed by atoms with E-state index in [9.17, 15) is 22.8 Å². The molecule has 0 spiro atoms. The van der Waals surface area contributed by atoms with Gasteiger partial charge in [0.2, 0.25) is 10.0 Å². The van der Waals surface area contributed by atoms with Crippen LogP contribution in [0, 0.1) is 11.3 Å². The molecule has 0 unspecified atom stereocenters. The summed E-state index contributed by atoms with van der Waals surface area (Å²) < 4.78 is 31.1. The van der Waals surface area contributed by atoms with Gasteiger partial charge in [-0.15, -0.1) is 0 Å². The van der Waals surface area contributed by atoms with Gasteiger partial charge in [-0.05, 0) is 42.0 Å². The lowest BCUT2D eigenvalue weighted by molar-refractivity contribution is -0.146. The number of anilines is 1. The SMILES string of the molecule is CCN(CC)S(=O)(=O)c1ccc(C(=O)NCC(=O)OCC(=O)Nc2ccc(CC#N)cc2)cc1. The molecule has 2 aromatic carbocycles. The number of nitrogens with one attached hydrogen (secondary N) is 2. The number of carbonyl (C=O) groups excluding carboxylic acids is 3. The topological polar surface area (TPSA) is 146 Å². The average Bonchev–Trinajstić information content (AvgIpc) is 2.83. The van der Waals surface area contributed by atoms with Crippen LogP contribution in [0.4, 0.5) is 5.69 Å². The smallest absolute Gasteiger partial charge is 0.325 e. The van der Waals surface area contributed by atoms with Gasteiger partial charge in [-0.3, -0.25) is 14.4 Å². The first kappa shape index (κ1) is 26.5. The van der Waals surface area contributed by atoms with Crippen molar-refractivity contribution in [3.05, 3.63) is 59.7 Å². The second-order valence-corrected chi connectivity index (χ2v) is 8.97. The monoisotopic (exact) mass is 486 g/mol. The van der Waals surface area contributed by atoms with Crippen LogP contribution in [0.2, 0.25) is 0 Å². The Labute approximate surface area is 198 Å². The van der Waals surface area contributed by atoms with Crippen LogP contribution in [0.25, 0.3) is 0 Å². The molecule has 0 saturated carbocycles. The summed E-state index contributed by atoms with van der Waals surface area (Å²) in [7, 11) is -3.64. The Morgan fingerprint density at radius 2 is 1.62 bits per heavy atom. The van der Waals surface area contributed by atoms with Crippen LogP contribution in [0.3, 0.4) is 0 Å². The zero-order chi connectivity index (χ0) is 25.1. The van der Waals surface area contributed by atoms with Crippen molar-refractivity contribution in [2.45, 2.75) is 25.2 Å². The van der Waals surface area contributed by atoms with Crippen molar-refractivity contribution in [3.63, 3.8) is 0 Å². The van der Waals surface area contributed by atoms with Crippen molar-refractivity contribution in [1.82, 2.24) is 9.62 Å². The van der Waals surface area contributed by atoms with Gasteiger partial charge in [0.15, 0.2) is 6.61 Å². The third-order valence-corrected chi connectivity index (χ3v) is 6.80. The first-order chi connectivity index (χ1) is 16.2. The summed E-state index contributed by atoms with van der Waals surface area (Å²) >= 11 is 0. The van der Waals surface area contributed by atoms with Crippen molar-refractivity contribution in [3.8, 4) is 6.07 Å². The summed E-state index contributed by atoms with van der Waals surface area (Å²) in [5, 5.41) is 13.6. The number of ether oxygens (including phenoxy) is 1. The van der Waals surface area contributed by atoms with Gasteiger partial charge in [0.25, 0.3) is 11.8 Å². The van der Waals surface area contributed by atoms with Gasteiger partial charge in [0.1, 0.15) is 6.54 Å². The fourth-order valence-electron chi connectivity index (χ4n) is 2.94. The molecule has 0 saturated heterocycles. The largest absolute Gasteiger partial charge is 0.454 e. The molecular weight excluding hydrogens is 460 g/mol. The molecule has 10 nitrogen and oxygen atoms in total. The summed E-state index contributed by atoms with van der Waals surface area (Å²) in [6, 6.07) is 14.1. The van der Waals surface area contributed by atoms with Crippen LogP contribution in [0.1, 0.15) is 29.8 Å². The Bertz CT molecular complexity index is 1150. The summed E-state index contributed by atoms with van der Waals surface area (Å²) in [5.74, 6) is -1.96. The second kappa shape index (κ2) is 12.5. The van der Waals surface area contributed by atoms with E-state index in [1.807, 2.05) is 6.07 Å². The molecule has 2 rings (SSSR count). The van der Waals surface area contributed by atoms with Crippen LogP contribution >= 0.6 is 0 Å². The maximum atomic E-state index is 12.5. The zero-order valence-corrected chi connectivity index (χ0v) is 19.7. The molecule has 0 radical (unpaired) electrons. The fraction of sp³-hybridized carbons (Fsp3) is 0.304. The van der Waals surface area contributed by atoms with Gasteiger partial charge in [-0.2, -0.15) is 9.57 Å². The van der Waals surface area contributed by atoms with Gasteiger partial charge < -0.3 is 15.4 Å². The Morgan fingerprint density at radius 3 is 2.18 bits per heavy atom. The van der Waals surface area contributed by atoms with E-state index in [-0.39, 0.29) is 16.9 Å². The second-order valence-electron chi connectivity index (χ2n) is 7.04. The number of amides is 2. The minimum atomic E-state index is -3.64. The highest BCUT2D eigenvalue weighted by atomic mass is 32.2. The first-order valence-electron chi connectivity index (χ1n) is 10.5. The van der Waals surface area contributed by atoms with E-state index < -0.39 is 41.0 Å². The summed E-state index contributed by atoms with van der Waals surface area (Å²) in [4.78, 5) is 36.1. The molecule has 0 aliphatic rings. The minimum Gasteiger partial charge on any atom is -0.454 e. The number of nitrogens with zero attached hydrogens (tertiary/aromatic N) is 2. The maximum Gasteiger partial charge on any atom is 0.325 e. The van der Waals surface area contributed by atoms with Crippen LogP contribution in [0.5, 0.6) is 0 Å². The predicted octanol–water partition coefficient (Wildman–Crippen LogP) is 1.69. The van der Waals surface area contributed by atoms with Crippen molar-refractivity contribution in [2.24, 2.45) is 0 Å². The molecule has 2 N–H and O–H groups in total. The number of esters is 1.